The predicted molar refractivity (Wildman–Crippen MR) is 87.1 cm³/mol. The molecule has 0 saturated heterocycles. The van der Waals surface area contributed by atoms with Crippen LogP contribution in [0, 0.1) is 0 Å². The van der Waals surface area contributed by atoms with Gasteiger partial charge in [-0.15, -0.1) is 0 Å². The number of benzene rings is 1. The molecule has 1 aromatic rings. The number of aliphatic hydroxyl groups is 1. The van der Waals surface area contributed by atoms with Crippen LogP contribution in [-0.2, 0) is 22.5 Å². The van der Waals surface area contributed by atoms with Gasteiger partial charge in [0.2, 0.25) is 0 Å². The molecule has 0 aliphatic rings. The highest BCUT2D eigenvalue weighted by Gasteiger charge is 2.08. The van der Waals surface area contributed by atoms with Crippen molar-refractivity contribution < 1.29 is 19.3 Å². The molecule has 5 nitrogen and oxygen atoms in total. The zero-order chi connectivity index (χ0) is 16.4. The van der Waals surface area contributed by atoms with Crippen LogP contribution in [-0.4, -0.2) is 44.8 Å². The van der Waals surface area contributed by atoms with Crippen molar-refractivity contribution in [1.82, 2.24) is 5.32 Å². The fraction of sp³-hybridized carbons (Fsp3) is 0.647. The van der Waals surface area contributed by atoms with Crippen LogP contribution < -0.4 is 10.1 Å². The molecule has 126 valence electrons. The maximum atomic E-state index is 9.78. The summed E-state index contributed by atoms with van der Waals surface area (Å²) in [4.78, 5) is 0. The van der Waals surface area contributed by atoms with Gasteiger partial charge in [-0.1, -0.05) is 6.07 Å². The molecule has 5 heteroatoms. The lowest BCUT2D eigenvalue weighted by atomic mass is 10.1. The van der Waals surface area contributed by atoms with E-state index in [1.165, 1.54) is 5.56 Å². The minimum absolute atomic E-state index is 0.249. The van der Waals surface area contributed by atoms with Crippen LogP contribution in [0.3, 0.4) is 0 Å². The molecule has 1 rings (SSSR count). The average Bonchev–Trinajstić information content (AvgIpc) is 2.46. The lowest BCUT2D eigenvalue weighted by Crippen LogP contribution is -2.35. The highest BCUT2D eigenvalue weighted by Crippen LogP contribution is 2.22. The van der Waals surface area contributed by atoms with Crippen molar-refractivity contribution in [2.24, 2.45) is 0 Å². The highest BCUT2D eigenvalue weighted by molar-refractivity contribution is 5.37. The van der Waals surface area contributed by atoms with Gasteiger partial charge in [0, 0.05) is 32.2 Å². The molecule has 0 heterocycles. The van der Waals surface area contributed by atoms with Gasteiger partial charge in [0.25, 0.3) is 0 Å². The van der Waals surface area contributed by atoms with Crippen LogP contribution in [0.15, 0.2) is 18.2 Å². The Labute approximate surface area is 133 Å². The molecule has 0 aliphatic carbocycles. The van der Waals surface area contributed by atoms with Crippen molar-refractivity contribution in [3.05, 3.63) is 29.3 Å². The Morgan fingerprint density at radius 2 is 1.91 bits per heavy atom. The minimum atomic E-state index is -0.549. The van der Waals surface area contributed by atoms with E-state index in [0.717, 1.165) is 17.7 Å². The summed E-state index contributed by atoms with van der Waals surface area (Å²) in [6.07, 6.45) is 0.854. The molecule has 0 saturated carbocycles. The molecule has 0 bridgehead atoms. The Morgan fingerprint density at radius 3 is 2.55 bits per heavy atom. The van der Waals surface area contributed by atoms with Crippen LogP contribution in [0.2, 0.25) is 0 Å². The van der Waals surface area contributed by atoms with E-state index >= 15 is 0 Å². The normalized spacial score (nSPS) is 12.6. The van der Waals surface area contributed by atoms with Crippen LogP contribution in [0.1, 0.15) is 31.4 Å². The molecule has 22 heavy (non-hydrogen) atoms. The third-order valence-corrected chi connectivity index (χ3v) is 3.19. The first kappa shape index (κ1) is 18.9. The first-order valence-corrected chi connectivity index (χ1v) is 7.73. The second-order valence-corrected chi connectivity index (χ2v) is 5.59. The van der Waals surface area contributed by atoms with Crippen molar-refractivity contribution in [1.29, 1.82) is 0 Å². The SMILES string of the molecule is COCCc1ccc(OCCC(O)NC(C)C)c(COC)c1. The minimum Gasteiger partial charge on any atom is -0.493 e. The third-order valence-electron chi connectivity index (χ3n) is 3.19. The highest BCUT2D eigenvalue weighted by atomic mass is 16.5. The van der Waals surface area contributed by atoms with Gasteiger partial charge in [-0.2, -0.15) is 0 Å². The average molecular weight is 311 g/mol. The molecule has 0 fully saturated rings. The van der Waals surface area contributed by atoms with Gasteiger partial charge in [0.1, 0.15) is 12.0 Å². The zero-order valence-corrected chi connectivity index (χ0v) is 14.1. The van der Waals surface area contributed by atoms with Crippen molar-refractivity contribution in [2.45, 2.75) is 45.6 Å². The van der Waals surface area contributed by atoms with Crippen molar-refractivity contribution in [2.75, 3.05) is 27.4 Å². The largest absolute Gasteiger partial charge is 0.493 e. The van der Waals surface area contributed by atoms with E-state index in [9.17, 15) is 5.11 Å². The Balaban J connectivity index is 2.57. The van der Waals surface area contributed by atoms with Crippen LogP contribution >= 0.6 is 0 Å². The van der Waals surface area contributed by atoms with Crippen molar-refractivity contribution in [3.8, 4) is 5.75 Å². The van der Waals surface area contributed by atoms with E-state index in [1.54, 1.807) is 14.2 Å². The van der Waals surface area contributed by atoms with Gasteiger partial charge in [0.15, 0.2) is 0 Å². The molecule has 0 radical (unpaired) electrons. The topological polar surface area (TPSA) is 60.0 Å². The Morgan fingerprint density at radius 1 is 1.14 bits per heavy atom. The molecular formula is C17H29NO4. The molecule has 0 aromatic heterocycles. The summed E-state index contributed by atoms with van der Waals surface area (Å²) in [5.41, 5.74) is 2.21. The molecule has 0 aliphatic heterocycles. The summed E-state index contributed by atoms with van der Waals surface area (Å²) in [6.45, 7) is 5.65. The number of methoxy groups -OCH3 is 2. The number of nitrogens with one attached hydrogen (secondary N) is 1. The van der Waals surface area contributed by atoms with Crippen molar-refractivity contribution >= 4 is 0 Å². The predicted octanol–water partition coefficient (Wildman–Crippen LogP) is 2.11. The van der Waals surface area contributed by atoms with Crippen molar-refractivity contribution in [3.63, 3.8) is 0 Å². The van der Waals surface area contributed by atoms with E-state index in [2.05, 4.69) is 11.4 Å². The summed E-state index contributed by atoms with van der Waals surface area (Å²) in [5, 5.41) is 12.8. The third kappa shape index (κ3) is 7.22. The van der Waals surface area contributed by atoms with Crippen LogP contribution in [0.4, 0.5) is 0 Å². The Kier molecular flexibility index (Phi) is 9.08. The molecule has 0 spiro atoms. The lowest BCUT2D eigenvalue weighted by molar-refractivity contribution is 0.0986. The fourth-order valence-corrected chi connectivity index (χ4v) is 2.17. The lowest BCUT2D eigenvalue weighted by Gasteiger charge is -2.17. The van der Waals surface area contributed by atoms with Gasteiger partial charge in [-0.25, -0.2) is 0 Å². The standard InChI is InChI=1S/C17H29NO4/c1-13(2)18-17(19)8-10-22-16-6-5-14(7-9-20-3)11-15(16)12-21-4/h5-6,11,13,17-19H,7-10,12H2,1-4H3. The monoisotopic (exact) mass is 311 g/mol. The second kappa shape index (κ2) is 10.6. The first-order valence-electron chi connectivity index (χ1n) is 7.73. The maximum absolute atomic E-state index is 9.78. The zero-order valence-electron chi connectivity index (χ0n) is 14.1. The number of rotatable bonds is 11. The molecule has 1 atom stereocenters. The summed E-state index contributed by atoms with van der Waals surface area (Å²) in [7, 11) is 3.37. The summed E-state index contributed by atoms with van der Waals surface area (Å²) >= 11 is 0. The van der Waals surface area contributed by atoms with Gasteiger partial charge < -0.3 is 19.3 Å². The number of ether oxygens (including phenoxy) is 3. The van der Waals surface area contributed by atoms with Gasteiger partial charge in [0.05, 0.1) is 19.8 Å². The maximum Gasteiger partial charge on any atom is 0.124 e. The van der Waals surface area contributed by atoms with Gasteiger partial charge >= 0.3 is 0 Å². The van der Waals surface area contributed by atoms with E-state index in [-0.39, 0.29) is 6.04 Å². The Hall–Kier alpha value is -1.14. The smallest absolute Gasteiger partial charge is 0.124 e. The number of aliphatic hydroxyl groups excluding tert-OH is 1. The Bertz CT molecular complexity index is 423. The molecule has 2 N–H and O–H groups in total. The molecular weight excluding hydrogens is 282 g/mol. The van der Waals surface area contributed by atoms with Gasteiger partial charge in [-0.05, 0) is 38.0 Å². The molecule has 1 aromatic carbocycles. The van der Waals surface area contributed by atoms with E-state index in [1.807, 2.05) is 26.0 Å². The number of hydrogen-bond donors (Lipinski definition) is 2. The van der Waals surface area contributed by atoms with Gasteiger partial charge in [-0.3, -0.25) is 5.32 Å². The van der Waals surface area contributed by atoms with E-state index in [0.29, 0.717) is 26.2 Å². The summed E-state index contributed by atoms with van der Waals surface area (Å²) < 4.78 is 16.1. The van der Waals surface area contributed by atoms with Crippen LogP contribution in [0.25, 0.3) is 0 Å². The first-order chi connectivity index (χ1) is 10.6. The summed E-state index contributed by atoms with van der Waals surface area (Å²) in [6, 6.07) is 6.33. The molecule has 1 unspecified atom stereocenters. The second-order valence-electron chi connectivity index (χ2n) is 5.59. The van der Waals surface area contributed by atoms with E-state index < -0.39 is 6.23 Å². The van der Waals surface area contributed by atoms with E-state index in [4.69, 9.17) is 14.2 Å². The fourth-order valence-electron chi connectivity index (χ4n) is 2.17. The van der Waals surface area contributed by atoms with Crippen LogP contribution in [0.5, 0.6) is 5.75 Å². The summed E-state index contributed by atoms with van der Waals surface area (Å²) in [5.74, 6) is 0.805. The number of hydrogen-bond acceptors (Lipinski definition) is 5. The molecule has 0 amide bonds. The quantitative estimate of drug-likeness (QED) is 0.613.